The van der Waals surface area contributed by atoms with Crippen LogP contribution in [0.5, 0.6) is 5.75 Å². The van der Waals surface area contributed by atoms with Gasteiger partial charge in [0.05, 0.1) is 22.4 Å². The van der Waals surface area contributed by atoms with Gasteiger partial charge in [0.15, 0.2) is 0 Å². The van der Waals surface area contributed by atoms with E-state index in [1.54, 1.807) is 12.1 Å². The van der Waals surface area contributed by atoms with Crippen LogP contribution in [-0.2, 0) is 4.74 Å². The number of benzene rings is 3. The molecule has 0 radical (unpaired) electrons. The van der Waals surface area contributed by atoms with Gasteiger partial charge in [-0.3, -0.25) is 9.59 Å². The molecule has 0 saturated heterocycles. The predicted octanol–water partition coefficient (Wildman–Crippen LogP) is 4.34. The Bertz CT molecular complexity index is 1170. The van der Waals surface area contributed by atoms with Crippen LogP contribution in [0.4, 0.5) is 5.69 Å². The summed E-state index contributed by atoms with van der Waals surface area (Å²) < 4.78 is 10.8. The summed E-state index contributed by atoms with van der Waals surface area (Å²) in [6.07, 6.45) is 0. The molecule has 1 aliphatic heterocycles. The Balaban J connectivity index is 1.42. The van der Waals surface area contributed by atoms with E-state index < -0.39 is 17.8 Å². The zero-order chi connectivity index (χ0) is 22.0. The van der Waals surface area contributed by atoms with Gasteiger partial charge < -0.3 is 9.47 Å². The number of carbonyl (C=O) groups is 3. The molecule has 6 nitrogen and oxygen atoms in total. The molecule has 0 unspecified atom stereocenters. The highest BCUT2D eigenvalue weighted by molar-refractivity contribution is 6.34. The number of anilines is 1. The lowest BCUT2D eigenvalue weighted by Crippen LogP contribution is -2.29. The standard InChI is InChI=1S/C25H21NO5/c1-16-7-10-19(11-8-16)30-13-14-31-25(29)18-9-12-20-21(15-18)24(28)26(23(20)27)22-6-4-3-5-17(22)2/h3-12,15H,13-14H2,1-2H3. The van der Waals surface area contributed by atoms with Crippen LogP contribution in [0, 0.1) is 13.8 Å². The van der Waals surface area contributed by atoms with Gasteiger partial charge in [0.1, 0.15) is 19.0 Å². The third-order valence-corrected chi connectivity index (χ3v) is 5.08. The lowest BCUT2D eigenvalue weighted by molar-refractivity contribution is 0.0450. The molecule has 4 rings (SSSR count). The summed E-state index contributed by atoms with van der Waals surface area (Å²) >= 11 is 0. The third kappa shape index (κ3) is 4.05. The summed E-state index contributed by atoms with van der Waals surface area (Å²) in [5.41, 5.74) is 3.15. The summed E-state index contributed by atoms with van der Waals surface area (Å²) in [7, 11) is 0. The third-order valence-electron chi connectivity index (χ3n) is 5.08. The van der Waals surface area contributed by atoms with E-state index in [4.69, 9.17) is 9.47 Å². The number of para-hydroxylation sites is 1. The quantitative estimate of drug-likeness (QED) is 0.340. The minimum absolute atomic E-state index is 0.0615. The Morgan fingerprint density at radius 2 is 1.55 bits per heavy atom. The summed E-state index contributed by atoms with van der Waals surface area (Å²) in [4.78, 5) is 39.2. The summed E-state index contributed by atoms with van der Waals surface area (Å²) in [5, 5.41) is 0. The van der Waals surface area contributed by atoms with Crippen LogP contribution in [0.2, 0.25) is 0 Å². The van der Waals surface area contributed by atoms with Crippen LogP contribution in [-0.4, -0.2) is 31.0 Å². The molecule has 156 valence electrons. The molecule has 0 bridgehead atoms. The fourth-order valence-electron chi connectivity index (χ4n) is 3.41. The predicted molar refractivity (Wildman–Crippen MR) is 116 cm³/mol. The number of hydrogen-bond acceptors (Lipinski definition) is 5. The highest BCUT2D eigenvalue weighted by atomic mass is 16.6. The molecular weight excluding hydrogens is 394 g/mol. The normalized spacial score (nSPS) is 12.6. The van der Waals surface area contributed by atoms with Crippen molar-refractivity contribution in [2.45, 2.75) is 13.8 Å². The topological polar surface area (TPSA) is 72.9 Å². The molecular formula is C25H21NO5. The number of ether oxygens (including phenoxy) is 2. The highest BCUT2D eigenvalue weighted by Crippen LogP contribution is 2.31. The fraction of sp³-hybridized carbons (Fsp3) is 0.160. The van der Waals surface area contributed by atoms with Crippen molar-refractivity contribution < 1.29 is 23.9 Å². The van der Waals surface area contributed by atoms with Crippen molar-refractivity contribution in [1.82, 2.24) is 0 Å². The first kappa shape index (κ1) is 20.3. The zero-order valence-electron chi connectivity index (χ0n) is 17.3. The van der Waals surface area contributed by atoms with Crippen molar-refractivity contribution in [2.24, 2.45) is 0 Å². The summed E-state index contributed by atoms with van der Waals surface area (Å²) in [6.45, 7) is 4.09. The smallest absolute Gasteiger partial charge is 0.338 e. The average molecular weight is 415 g/mol. The van der Waals surface area contributed by atoms with Crippen LogP contribution in [0.25, 0.3) is 0 Å². The van der Waals surface area contributed by atoms with Crippen molar-refractivity contribution >= 4 is 23.5 Å². The number of esters is 1. The number of hydrogen-bond donors (Lipinski definition) is 0. The van der Waals surface area contributed by atoms with E-state index in [0.717, 1.165) is 16.0 Å². The Morgan fingerprint density at radius 3 is 2.29 bits per heavy atom. The Morgan fingerprint density at radius 1 is 0.839 bits per heavy atom. The van der Waals surface area contributed by atoms with Gasteiger partial charge in [0.2, 0.25) is 0 Å². The van der Waals surface area contributed by atoms with Crippen LogP contribution in [0.1, 0.15) is 42.2 Å². The van der Waals surface area contributed by atoms with Crippen molar-refractivity contribution in [2.75, 3.05) is 18.1 Å². The number of nitrogens with zero attached hydrogens (tertiary/aromatic N) is 1. The van der Waals surface area contributed by atoms with Crippen molar-refractivity contribution in [3.8, 4) is 5.75 Å². The molecule has 0 aliphatic carbocycles. The summed E-state index contributed by atoms with van der Waals surface area (Å²) in [6, 6.07) is 19.1. The highest BCUT2D eigenvalue weighted by Gasteiger charge is 2.37. The first-order valence-corrected chi connectivity index (χ1v) is 9.91. The van der Waals surface area contributed by atoms with Gasteiger partial charge in [0.25, 0.3) is 11.8 Å². The maximum absolute atomic E-state index is 12.9. The number of fused-ring (bicyclic) bond motifs is 1. The van der Waals surface area contributed by atoms with Crippen LogP contribution >= 0.6 is 0 Å². The van der Waals surface area contributed by atoms with E-state index in [2.05, 4.69) is 0 Å². The maximum Gasteiger partial charge on any atom is 0.338 e. The average Bonchev–Trinajstić information content (AvgIpc) is 3.02. The molecule has 3 aromatic carbocycles. The molecule has 0 atom stereocenters. The second-order valence-electron chi connectivity index (χ2n) is 7.29. The fourth-order valence-corrected chi connectivity index (χ4v) is 3.41. The molecule has 0 N–H and O–H groups in total. The first-order chi connectivity index (χ1) is 15.0. The Kier molecular flexibility index (Phi) is 5.54. The van der Waals surface area contributed by atoms with Gasteiger partial charge in [0, 0.05) is 0 Å². The number of imide groups is 1. The molecule has 0 spiro atoms. The van der Waals surface area contributed by atoms with E-state index in [-0.39, 0.29) is 29.9 Å². The van der Waals surface area contributed by atoms with Crippen LogP contribution < -0.4 is 9.64 Å². The number of carbonyl (C=O) groups excluding carboxylic acids is 3. The lowest BCUT2D eigenvalue weighted by Gasteiger charge is -2.16. The Labute approximate surface area is 180 Å². The minimum atomic E-state index is -0.579. The molecule has 6 heteroatoms. The second kappa shape index (κ2) is 8.44. The van der Waals surface area contributed by atoms with E-state index in [0.29, 0.717) is 11.4 Å². The van der Waals surface area contributed by atoms with E-state index in [1.165, 1.54) is 18.2 Å². The number of aryl methyl sites for hydroxylation is 2. The lowest BCUT2D eigenvalue weighted by atomic mass is 10.1. The van der Waals surface area contributed by atoms with Crippen LogP contribution in [0.15, 0.2) is 66.7 Å². The number of amides is 2. The largest absolute Gasteiger partial charge is 0.490 e. The van der Waals surface area contributed by atoms with Gasteiger partial charge >= 0.3 is 5.97 Å². The monoisotopic (exact) mass is 415 g/mol. The SMILES string of the molecule is Cc1ccc(OCCOC(=O)c2ccc3c(c2)C(=O)N(c2ccccc2C)C3=O)cc1. The van der Waals surface area contributed by atoms with E-state index in [1.807, 2.05) is 50.2 Å². The van der Waals surface area contributed by atoms with Gasteiger partial charge in [-0.1, -0.05) is 35.9 Å². The first-order valence-electron chi connectivity index (χ1n) is 9.91. The molecule has 0 fully saturated rings. The Hall–Kier alpha value is -3.93. The molecule has 31 heavy (non-hydrogen) atoms. The zero-order valence-corrected chi connectivity index (χ0v) is 17.3. The van der Waals surface area contributed by atoms with Gasteiger partial charge in [-0.15, -0.1) is 0 Å². The van der Waals surface area contributed by atoms with Gasteiger partial charge in [-0.2, -0.15) is 0 Å². The maximum atomic E-state index is 12.9. The number of rotatable bonds is 6. The molecule has 3 aromatic rings. The minimum Gasteiger partial charge on any atom is -0.490 e. The van der Waals surface area contributed by atoms with Gasteiger partial charge in [-0.25, -0.2) is 9.69 Å². The van der Waals surface area contributed by atoms with E-state index >= 15 is 0 Å². The molecule has 2 amide bonds. The molecule has 0 aromatic heterocycles. The molecule has 0 saturated carbocycles. The van der Waals surface area contributed by atoms with E-state index in [9.17, 15) is 14.4 Å². The van der Waals surface area contributed by atoms with Crippen molar-refractivity contribution in [3.63, 3.8) is 0 Å². The second-order valence-corrected chi connectivity index (χ2v) is 7.29. The van der Waals surface area contributed by atoms with Crippen molar-refractivity contribution in [3.05, 3.63) is 94.5 Å². The summed E-state index contributed by atoms with van der Waals surface area (Å²) in [5.74, 6) is -0.739. The van der Waals surface area contributed by atoms with Gasteiger partial charge in [-0.05, 0) is 55.8 Å². The molecule has 1 heterocycles. The van der Waals surface area contributed by atoms with Crippen LogP contribution in [0.3, 0.4) is 0 Å². The van der Waals surface area contributed by atoms with Crippen molar-refractivity contribution in [1.29, 1.82) is 0 Å². The molecule has 1 aliphatic rings.